The minimum atomic E-state index is 0.103. The van der Waals surface area contributed by atoms with Gasteiger partial charge in [-0.25, -0.2) is 4.98 Å². The molecule has 7 nitrogen and oxygen atoms in total. The molecular formula is C24H23N5O2. The summed E-state index contributed by atoms with van der Waals surface area (Å²) in [4.78, 5) is 19.7. The van der Waals surface area contributed by atoms with Gasteiger partial charge in [-0.2, -0.15) is 5.10 Å². The Balaban J connectivity index is 1.42. The zero-order valence-electron chi connectivity index (χ0n) is 17.6. The number of carbonyl (C=O) groups excluding carboxylic acids is 1. The van der Waals surface area contributed by atoms with Crippen molar-refractivity contribution in [1.82, 2.24) is 24.1 Å². The molecule has 4 heterocycles. The van der Waals surface area contributed by atoms with Gasteiger partial charge in [0.05, 0.1) is 30.8 Å². The van der Waals surface area contributed by atoms with E-state index >= 15 is 0 Å². The number of pyridine rings is 1. The van der Waals surface area contributed by atoms with Gasteiger partial charge in [-0.15, -0.1) is 0 Å². The van der Waals surface area contributed by atoms with Gasteiger partial charge < -0.3 is 9.64 Å². The van der Waals surface area contributed by atoms with E-state index < -0.39 is 0 Å². The van der Waals surface area contributed by atoms with Crippen molar-refractivity contribution in [3.63, 3.8) is 0 Å². The van der Waals surface area contributed by atoms with Crippen molar-refractivity contribution in [3.8, 4) is 28.1 Å². The van der Waals surface area contributed by atoms with E-state index in [1.54, 1.807) is 11.8 Å². The van der Waals surface area contributed by atoms with Gasteiger partial charge in [-0.05, 0) is 54.7 Å². The zero-order valence-corrected chi connectivity index (χ0v) is 17.6. The Morgan fingerprint density at radius 2 is 1.97 bits per heavy atom. The number of amides is 1. The monoisotopic (exact) mass is 413 g/mol. The molecule has 156 valence electrons. The molecular weight excluding hydrogens is 390 g/mol. The number of ether oxygens (including phenoxy) is 1. The molecule has 0 bridgehead atoms. The average Bonchev–Trinajstić information content (AvgIpc) is 3.38. The molecule has 1 fully saturated rings. The van der Waals surface area contributed by atoms with Crippen molar-refractivity contribution in [2.75, 3.05) is 13.7 Å². The van der Waals surface area contributed by atoms with Crippen LogP contribution in [0.2, 0.25) is 0 Å². The van der Waals surface area contributed by atoms with Crippen LogP contribution in [-0.4, -0.2) is 49.7 Å². The Morgan fingerprint density at radius 1 is 1.10 bits per heavy atom. The fraction of sp³-hybridized carbons (Fsp3) is 0.292. The second-order valence-corrected chi connectivity index (χ2v) is 8.38. The lowest BCUT2D eigenvalue weighted by atomic mass is 9.94. The Labute approximate surface area is 179 Å². The highest BCUT2D eigenvalue weighted by Crippen LogP contribution is 2.38. The van der Waals surface area contributed by atoms with Crippen LogP contribution in [0, 0.1) is 0 Å². The first kappa shape index (κ1) is 18.2. The van der Waals surface area contributed by atoms with E-state index in [0.29, 0.717) is 11.8 Å². The van der Waals surface area contributed by atoms with E-state index in [1.165, 1.54) is 0 Å². The highest BCUT2D eigenvalue weighted by molar-refractivity contribution is 6.00. The van der Waals surface area contributed by atoms with Gasteiger partial charge in [0, 0.05) is 43.2 Å². The van der Waals surface area contributed by atoms with Gasteiger partial charge in [0.15, 0.2) is 0 Å². The summed E-state index contributed by atoms with van der Waals surface area (Å²) in [6.45, 7) is 0.782. The molecule has 1 aromatic carbocycles. The van der Waals surface area contributed by atoms with Crippen molar-refractivity contribution in [2.24, 2.45) is 7.05 Å². The number of hydrogen-bond acceptors (Lipinski definition) is 4. The van der Waals surface area contributed by atoms with Gasteiger partial charge in [0.2, 0.25) is 0 Å². The molecule has 0 spiro atoms. The third-order valence-electron chi connectivity index (χ3n) is 6.34. The molecule has 3 aromatic heterocycles. The van der Waals surface area contributed by atoms with E-state index in [9.17, 15) is 4.79 Å². The first-order valence-electron chi connectivity index (χ1n) is 10.6. The quantitative estimate of drug-likeness (QED) is 0.513. The second-order valence-electron chi connectivity index (χ2n) is 8.38. The molecule has 1 amide bonds. The van der Waals surface area contributed by atoms with Gasteiger partial charge in [0.1, 0.15) is 11.4 Å². The molecule has 0 unspecified atom stereocenters. The van der Waals surface area contributed by atoms with Crippen molar-refractivity contribution >= 4 is 11.6 Å². The fourth-order valence-electron chi connectivity index (χ4n) is 4.59. The number of hydrogen-bond donors (Lipinski definition) is 0. The van der Waals surface area contributed by atoms with E-state index in [4.69, 9.17) is 4.74 Å². The number of aryl methyl sites for hydroxylation is 1. The smallest absolute Gasteiger partial charge is 0.258 e. The van der Waals surface area contributed by atoms with Crippen LogP contribution in [0.1, 0.15) is 28.8 Å². The van der Waals surface area contributed by atoms with Crippen LogP contribution < -0.4 is 4.74 Å². The molecule has 0 saturated heterocycles. The van der Waals surface area contributed by atoms with Crippen LogP contribution in [0.4, 0.5) is 0 Å². The van der Waals surface area contributed by atoms with Gasteiger partial charge >= 0.3 is 0 Å². The van der Waals surface area contributed by atoms with E-state index in [1.807, 2.05) is 42.8 Å². The molecule has 31 heavy (non-hydrogen) atoms. The summed E-state index contributed by atoms with van der Waals surface area (Å²) >= 11 is 0. The lowest BCUT2D eigenvalue weighted by Gasteiger charge is -2.30. The van der Waals surface area contributed by atoms with Crippen molar-refractivity contribution in [2.45, 2.75) is 25.3 Å². The molecule has 0 atom stereocenters. The molecule has 0 radical (unpaired) electrons. The molecule has 6 rings (SSSR count). The molecule has 1 saturated carbocycles. The van der Waals surface area contributed by atoms with Gasteiger partial charge in [-0.3, -0.25) is 13.9 Å². The van der Waals surface area contributed by atoms with Gasteiger partial charge in [0.25, 0.3) is 5.91 Å². The van der Waals surface area contributed by atoms with Crippen LogP contribution >= 0.6 is 0 Å². The summed E-state index contributed by atoms with van der Waals surface area (Å²) in [7, 11) is 3.55. The number of rotatable bonds is 4. The standard InChI is InChI=1S/C24H23N5O2/c1-27-14-18(12-26-27)15-5-8-29-20(13-25-22(29)11-15)17-9-16-6-7-28(19-3-4-19)24(30)23(16)21(10-17)31-2/h5,8-14,19H,3-4,6-7H2,1-2H3. The topological polar surface area (TPSA) is 64.7 Å². The summed E-state index contributed by atoms with van der Waals surface area (Å²) in [5.41, 5.74) is 6.75. The first-order chi connectivity index (χ1) is 15.1. The third-order valence-corrected chi connectivity index (χ3v) is 6.34. The number of methoxy groups -OCH3 is 1. The summed E-state index contributed by atoms with van der Waals surface area (Å²) in [5.74, 6) is 0.746. The van der Waals surface area contributed by atoms with Crippen molar-refractivity contribution in [3.05, 3.63) is 60.2 Å². The summed E-state index contributed by atoms with van der Waals surface area (Å²) < 4.78 is 9.54. The SMILES string of the molecule is COc1cc(-c2cnc3cc(-c4cnn(C)c4)ccn23)cc2c1C(=O)N(C1CC1)CC2. The Kier molecular flexibility index (Phi) is 3.93. The lowest BCUT2D eigenvalue weighted by Crippen LogP contribution is -2.39. The predicted molar refractivity (Wildman–Crippen MR) is 117 cm³/mol. The highest BCUT2D eigenvalue weighted by atomic mass is 16.5. The number of carbonyl (C=O) groups is 1. The number of benzene rings is 1. The van der Waals surface area contributed by atoms with Crippen molar-refractivity contribution in [1.29, 1.82) is 0 Å². The van der Waals surface area contributed by atoms with E-state index in [-0.39, 0.29) is 5.91 Å². The zero-order chi connectivity index (χ0) is 21.1. The normalized spacial score (nSPS) is 16.1. The fourth-order valence-corrected chi connectivity index (χ4v) is 4.59. The molecule has 1 aliphatic carbocycles. The van der Waals surface area contributed by atoms with Crippen LogP contribution in [0.15, 0.2) is 49.1 Å². The molecule has 0 N–H and O–H groups in total. The Bertz CT molecular complexity index is 1310. The number of nitrogens with zero attached hydrogens (tertiary/aromatic N) is 5. The van der Waals surface area contributed by atoms with E-state index in [2.05, 4.69) is 32.7 Å². The maximum absolute atomic E-state index is 13.1. The predicted octanol–water partition coefficient (Wildman–Crippen LogP) is 3.57. The Hall–Kier alpha value is -3.61. The summed E-state index contributed by atoms with van der Waals surface area (Å²) in [5, 5.41) is 4.26. The third kappa shape index (κ3) is 2.91. The molecule has 7 heteroatoms. The van der Waals surface area contributed by atoms with Crippen LogP contribution in [0.5, 0.6) is 5.75 Å². The molecule has 4 aromatic rings. The first-order valence-corrected chi connectivity index (χ1v) is 10.6. The number of aromatic nitrogens is 4. The Morgan fingerprint density at radius 3 is 2.71 bits per heavy atom. The second kappa shape index (κ2) is 6.70. The largest absolute Gasteiger partial charge is 0.496 e. The van der Waals surface area contributed by atoms with E-state index in [0.717, 1.165) is 65.0 Å². The average molecular weight is 413 g/mol. The van der Waals surface area contributed by atoms with Crippen molar-refractivity contribution < 1.29 is 9.53 Å². The lowest BCUT2D eigenvalue weighted by molar-refractivity contribution is 0.0723. The highest BCUT2D eigenvalue weighted by Gasteiger charge is 2.37. The minimum Gasteiger partial charge on any atom is -0.496 e. The van der Waals surface area contributed by atoms with Crippen LogP contribution in [-0.2, 0) is 13.5 Å². The van der Waals surface area contributed by atoms with Crippen LogP contribution in [0.3, 0.4) is 0 Å². The number of imidazole rings is 1. The number of fused-ring (bicyclic) bond motifs is 2. The minimum absolute atomic E-state index is 0.103. The molecule has 1 aliphatic heterocycles. The summed E-state index contributed by atoms with van der Waals surface area (Å²) in [6, 6.07) is 8.64. The maximum atomic E-state index is 13.1. The van der Waals surface area contributed by atoms with Gasteiger partial charge in [-0.1, -0.05) is 0 Å². The maximum Gasteiger partial charge on any atom is 0.258 e. The van der Waals surface area contributed by atoms with Crippen LogP contribution in [0.25, 0.3) is 28.0 Å². The summed E-state index contributed by atoms with van der Waals surface area (Å²) in [6.07, 6.45) is 10.8. The molecule has 2 aliphatic rings.